The Bertz CT molecular complexity index is 498. The van der Waals surface area contributed by atoms with Crippen LogP contribution >= 0.6 is 0 Å². The zero-order chi connectivity index (χ0) is 16.2. The van der Waals surface area contributed by atoms with Crippen molar-refractivity contribution in [1.82, 2.24) is 0 Å². The van der Waals surface area contributed by atoms with Crippen molar-refractivity contribution >= 4 is 5.78 Å². The van der Waals surface area contributed by atoms with Gasteiger partial charge in [-0.05, 0) is 51.0 Å². The second-order valence-corrected chi connectivity index (χ2v) is 6.19. The van der Waals surface area contributed by atoms with Crippen molar-refractivity contribution in [2.45, 2.75) is 45.8 Å². The molecule has 2 rings (SSSR count). The molecule has 1 aromatic rings. The van der Waals surface area contributed by atoms with E-state index in [-0.39, 0.29) is 5.78 Å². The Labute approximate surface area is 132 Å². The van der Waals surface area contributed by atoms with Crippen LogP contribution in [0.3, 0.4) is 0 Å². The van der Waals surface area contributed by atoms with Crippen LogP contribution in [0.1, 0.15) is 45.6 Å². The summed E-state index contributed by atoms with van der Waals surface area (Å²) < 4.78 is 17.4. The molecule has 0 unspecified atom stereocenters. The number of hydrogen-bond acceptors (Lipinski definition) is 4. The highest BCUT2D eigenvalue weighted by Gasteiger charge is 2.54. The first kappa shape index (κ1) is 17.0. The topological polar surface area (TPSA) is 44.8 Å². The summed E-state index contributed by atoms with van der Waals surface area (Å²) in [6, 6.07) is 7.59. The standard InChI is InChI=1S/C18H26O4/c1-5-7-16(19)17(2,3)18(21-12-6-13-22-18)14-8-10-15(20-4)11-9-14/h8-11H,5-7,12-13H2,1-4H3. The van der Waals surface area contributed by atoms with Gasteiger partial charge >= 0.3 is 0 Å². The second-order valence-electron chi connectivity index (χ2n) is 6.19. The van der Waals surface area contributed by atoms with E-state index in [0.717, 1.165) is 24.2 Å². The summed E-state index contributed by atoms with van der Waals surface area (Å²) in [7, 11) is 1.63. The van der Waals surface area contributed by atoms with Crippen LogP contribution in [-0.4, -0.2) is 26.1 Å². The maximum atomic E-state index is 12.7. The molecule has 22 heavy (non-hydrogen) atoms. The summed E-state index contributed by atoms with van der Waals surface area (Å²) in [6.45, 7) is 7.03. The average molecular weight is 306 g/mol. The minimum atomic E-state index is -1.02. The van der Waals surface area contributed by atoms with E-state index in [2.05, 4.69) is 0 Å². The summed E-state index contributed by atoms with van der Waals surface area (Å²) >= 11 is 0. The Hall–Kier alpha value is -1.39. The smallest absolute Gasteiger partial charge is 0.207 e. The van der Waals surface area contributed by atoms with E-state index in [1.807, 2.05) is 45.0 Å². The van der Waals surface area contributed by atoms with Gasteiger partial charge < -0.3 is 14.2 Å². The van der Waals surface area contributed by atoms with E-state index in [1.165, 1.54) is 0 Å². The zero-order valence-corrected chi connectivity index (χ0v) is 14.0. The summed E-state index contributed by atoms with van der Waals surface area (Å²) in [5, 5.41) is 0. The van der Waals surface area contributed by atoms with Gasteiger partial charge in [0.25, 0.3) is 0 Å². The first-order valence-electron chi connectivity index (χ1n) is 7.93. The largest absolute Gasteiger partial charge is 0.497 e. The van der Waals surface area contributed by atoms with Crippen molar-refractivity contribution in [3.05, 3.63) is 29.8 Å². The molecule has 1 aliphatic heterocycles. The van der Waals surface area contributed by atoms with Gasteiger partial charge in [-0.1, -0.05) is 6.92 Å². The van der Waals surface area contributed by atoms with Gasteiger partial charge in [-0.25, -0.2) is 0 Å². The van der Waals surface area contributed by atoms with Crippen molar-refractivity contribution in [3.63, 3.8) is 0 Å². The van der Waals surface area contributed by atoms with E-state index in [4.69, 9.17) is 14.2 Å². The molecule has 1 fully saturated rings. The fourth-order valence-electron chi connectivity index (χ4n) is 2.95. The van der Waals surface area contributed by atoms with Gasteiger partial charge in [0.15, 0.2) is 0 Å². The number of hydrogen-bond donors (Lipinski definition) is 0. The Morgan fingerprint density at radius 1 is 1.23 bits per heavy atom. The van der Waals surface area contributed by atoms with Crippen LogP contribution in [0.5, 0.6) is 5.75 Å². The highest BCUT2D eigenvalue weighted by molar-refractivity contribution is 5.85. The van der Waals surface area contributed by atoms with Crippen molar-refractivity contribution < 1.29 is 19.0 Å². The quantitative estimate of drug-likeness (QED) is 0.804. The number of rotatable bonds is 6. The average Bonchev–Trinajstić information content (AvgIpc) is 2.55. The predicted octanol–water partition coefficient (Wildman–Crippen LogP) is 3.68. The van der Waals surface area contributed by atoms with E-state index in [1.54, 1.807) is 7.11 Å². The Morgan fingerprint density at radius 2 is 1.82 bits per heavy atom. The van der Waals surface area contributed by atoms with Crippen LogP contribution in [0.25, 0.3) is 0 Å². The lowest BCUT2D eigenvalue weighted by molar-refractivity contribution is -0.319. The lowest BCUT2D eigenvalue weighted by Crippen LogP contribution is -2.53. The number of methoxy groups -OCH3 is 1. The van der Waals surface area contributed by atoms with Crippen molar-refractivity contribution in [1.29, 1.82) is 0 Å². The fraction of sp³-hybridized carbons (Fsp3) is 0.611. The lowest BCUT2D eigenvalue weighted by atomic mass is 9.74. The van der Waals surface area contributed by atoms with Gasteiger partial charge in [0.2, 0.25) is 5.79 Å². The zero-order valence-electron chi connectivity index (χ0n) is 14.0. The van der Waals surface area contributed by atoms with Crippen LogP contribution in [-0.2, 0) is 20.1 Å². The molecule has 0 saturated carbocycles. The summed E-state index contributed by atoms with van der Waals surface area (Å²) in [5.74, 6) is -0.0934. The van der Waals surface area contributed by atoms with Crippen molar-refractivity contribution in [2.24, 2.45) is 5.41 Å². The Balaban J connectivity index is 2.44. The van der Waals surface area contributed by atoms with Crippen LogP contribution in [0.2, 0.25) is 0 Å². The number of benzene rings is 1. The molecule has 1 saturated heterocycles. The molecule has 0 spiro atoms. The molecule has 0 aliphatic carbocycles. The van der Waals surface area contributed by atoms with Crippen molar-refractivity contribution in [2.75, 3.05) is 20.3 Å². The van der Waals surface area contributed by atoms with Crippen LogP contribution in [0.4, 0.5) is 0 Å². The van der Waals surface area contributed by atoms with E-state index < -0.39 is 11.2 Å². The fourth-order valence-corrected chi connectivity index (χ4v) is 2.95. The first-order valence-corrected chi connectivity index (χ1v) is 7.93. The number of carbonyl (C=O) groups excluding carboxylic acids is 1. The van der Waals surface area contributed by atoms with E-state index in [9.17, 15) is 4.79 Å². The Kier molecular flexibility index (Phi) is 5.24. The minimum absolute atomic E-state index is 0.160. The molecule has 1 aliphatic rings. The van der Waals surface area contributed by atoms with Gasteiger partial charge in [0.05, 0.1) is 25.7 Å². The third-order valence-electron chi connectivity index (χ3n) is 4.37. The second kappa shape index (κ2) is 6.80. The summed E-state index contributed by atoms with van der Waals surface area (Å²) in [5.41, 5.74) is 0.111. The maximum absolute atomic E-state index is 12.7. The van der Waals surface area contributed by atoms with Gasteiger partial charge in [-0.2, -0.15) is 0 Å². The molecule has 122 valence electrons. The van der Waals surface area contributed by atoms with Gasteiger partial charge in [0.1, 0.15) is 11.5 Å². The molecule has 0 N–H and O–H groups in total. The minimum Gasteiger partial charge on any atom is -0.497 e. The van der Waals surface area contributed by atoms with Gasteiger partial charge in [-0.15, -0.1) is 0 Å². The molecule has 0 atom stereocenters. The van der Waals surface area contributed by atoms with E-state index >= 15 is 0 Å². The van der Waals surface area contributed by atoms with Gasteiger partial charge in [-0.3, -0.25) is 4.79 Å². The highest BCUT2D eigenvalue weighted by Crippen LogP contribution is 2.47. The molecular weight excluding hydrogens is 280 g/mol. The monoisotopic (exact) mass is 306 g/mol. The third kappa shape index (κ3) is 2.90. The number of carbonyl (C=O) groups is 1. The molecule has 1 aromatic carbocycles. The SMILES string of the molecule is CCCC(=O)C(C)(C)C1(c2ccc(OC)cc2)OCCCO1. The number of ketones is 1. The molecule has 0 amide bonds. The number of Topliss-reactive ketones (excluding diaryl/α,β-unsaturated/α-hetero) is 1. The molecule has 4 heteroatoms. The van der Waals surface area contributed by atoms with Gasteiger partial charge in [0, 0.05) is 12.0 Å². The molecule has 0 aromatic heterocycles. The van der Waals surface area contributed by atoms with Crippen LogP contribution in [0.15, 0.2) is 24.3 Å². The molecular formula is C18H26O4. The van der Waals surface area contributed by atoms with E-state index in [0.29, 0.717) is 19.6 Å². The third-order valence-corrected chi connectivity index (χ3v) is 4.37. The molecule has 0 bridgehead atoms. The molecule has 4 nitrogen and oxygen atoms in total. The number of ether oxygens (including phenoxy) is 3. The van der Waals surface area contributed by atoms with Crippen molar-refractivity contribution in [3.8, 4) is 5.75 Å². The summed E-state index contributed by atoms with van der Waals surface area (Å²) in [4.78, 5) is 12.7. The lowest BCUT2D eigenvalue weighted by Gasteiger charge is -2.47. The Morgan fingerprint density at radius 3 is 2.32 bits per heavy atom. The molecule has 0 radical (unpaired) electrons. The highest BCUT2D eigenvalue weighted by atomic mass is 16.7. The predicted molar refractivity (Wildman–Crippen MR) is 84.9 cm³/mol. The first-order chi connectivity index (χ1) is 10.5. The van der Waals surface area contributed by atoms with Crippen LogP contribution in [0, 0.1) is 5.41 Å². The molecule has 1 heterocycles. The summed E-state index contributed by atoms with van der Waals surface area (Å²) in [6.07, 6.45) is 2.19. The normalized spacial score (nSPS) is 18.0. The maximum Gasteiger partial charge on any atom is 0.207 e. The van der Waals surface area contributed by atoms with Crippen LogP contribution < -0.4 is 4.74 Å².